The largest absolute Gasteiger partial charge is 0.245 e. The van der Waals surface area contributed by atoms with E-state index in [2.05, 4.69) is 37.1 Å². The molecule has 1 heterocycles. The van der Waals surface area contributed by atoms with Crippen molar-refractivity contribution in [3.8, 4) is 0 Å². The molecule has 0 radical (unpaired) electrons. The van der Waals surface area contributed by atoms with Gasteiger partial charge in [-0.05, 0) is 30.3 Å². The smallest absolute Gasteiger partial charge is 0.158 e. The number of allylic oxidation sites excluding steroid dienone is 1. The number of hydrogen-bond donors (Lipinski definition) is 0. The summed E-state index contributed by atoms with van der Waals surface area (Å²) in [7, 11) is 0. The van der Waals surface area contributed by atoms with Crippen LogP contribution in [0.2, 0.25) is 0 Å². The zero-order chi connectivity index (χ0) is 9.84. The molecule has 0 aliphatic carbocycles. The van der Waals surface area contributed by atoms with E-state index in [9.17, 15) is 0 Å². The van der Waals surface area contributed by atoms with Crippen molar-refractivity contribution in [1.82, 2.24) is 4.98 Å². The van der Waals surface area contributed by atoms with E-state index in [1.165, 1.54) is 0 Å². The Kier molecular flexibility index (Phi) is 2.96. The Bertz CT molecular complexity index is 327. The van der Waals surface area contributed by atoms with E-state index in [0.717, 1.165) is 11.1 Å². The first-order chi connectivity index (χ1) is 6.16. The van der Waals surface area contributed by atoms with E-state index in [1.807, 2.05) is 12.1 Å². The number of aromatic nitrogens is 1. The number of aliphatic imine (C=N–C) groups is 1. The fraction of sp³-hybridized carbons (Fsp3) is 0.273. The summed E-state index contributed by atoms with van der Waals surface area (Å²) >= 11 is 0. The van der Waals surface area contributed by atoms with Gasteiger partial charge in [0.1, 0.15) is 0 Å². The minimum atomic E-state index is 0.407. The van der Waals surface area contributed by atoms with Gasteiger partial charge < -0.3 is 0 Å². The third kappa shape index (κ3) is 2.02. The van der Waals surface area contributed by atoms with Crippen LogP contribution in [-0.2, 0) is 0 Å². The Hall–Kier alpha value is -1.44. The highest BCUT2D eigenvalue weighted by Gasteiger charge is 2.07. The van der Waals surface area contributed by atoms with Crippen molar-refractivity contribution in [3.63, 3.8) is 0 Å². The maximum atomic E-state index is 4.11. The van der Waals surface area contributed by atoms with Crippen molar-refractivity contribution >= 4 is 18.1 Å². The fourth-order valence-electron chi connectivity index (χ4n) is 1.08. The SMILES string of the molecule is C=Nc1ncccc1C(=C)C(C)C. The molecule has 0 atom stereocenters. The third-order valence-electron chi connectivity index (χ3n) is 1.98. The fourth-order valence-corrected chi connectivity index (χ4v) is 1.08. The first-order valence-corrected chi connectivity index (χ1v) is 4.27. The molecule has 68 valence electrons. The summed E-state index contributed by atoms with van der Waals surface area (Å²) in [4.78, 5) is 7.96. The first kappa shape index (κ1) is 9.65. The molecule has 13 heavy (non-hydrogen) atoms. The van der Waals surface area contributed by atoms with Gasteiger partial charge in [0.05, 0.1) is 0 Å². The maximum absolute atomic E-state index is 4.11. The molecule has 1 rings (SSSR count). The van der Waals surface area contributed by atoms with E-state index < -0.39 is 0 Å². The summed E-state index contributed by atoms with van der Waals surface area (Å²) in [6, 6.07) is 3.86. The second-order valence-corrected chi connectivity index (χ2v) is 3.21. The highest BCUT2D eigenvalue weighted by molar-refractivity contribution is 5.72. The molecule has 0 N–H and O–H groups in total. The van der Waals surface area contributed by atoms with Gasteiger partial charge in [-0.15, -0.1) is 0 Å². The Morgan fingerprint density at radius 2 is 2.23 bits per heavy atom. The Labute approximate surface area is 79.0 Å². The summed E-state index contributed by atoms with van der Waals surface area (Å²) in [6.45, 7) is 11.7. The predicted molar refractivity (Wildman–Crippen MR) is 57.3 cm³/mol. The molecular weight excluding hydrogens is 160 g/mol. The van der Waals surface area contributed by atoms with Crippen molar-refractivity contribution in [2.24, 2.45) is 10.9 Å². The van der Waals surface area contributed by atoms with Gasteiger partial charge in [-0.3, -0.25) is 0 Å². The monoisotopic (exact) mass is 174 g/mol. The van der Waals surface area contributed by atoms with Crippen LogP contribution in [0.1, 0.15) is 19.4 Å². The molecule has 0 spiro atoms. The average Bonchev–Trinajstić information content (AvgIpc) is 2.16. The van der Waals surface area contributed by atoms with Gasteiger partial charge >= 0.3 is 0 Å². The minimum absolute atomic E-state index is 0.407. The Morgan fingerprint density at radius 3 is 2.77 bits per heavy atom. The molecule has 0 aliphatic rings. The van der Waals surface area contributed by atoms with Crippen molar-refractivity contribution in [1.29, 1.82) is 0 Å². The standard InChI is InChI=1S/C11H14N2/c1-8(2)9(3)10-6-5-7-13-11(10)12-4/h5-8H,3-4H2,1-2H3. The van der Waals surface area contributed by atoms with E-state index in [1.54, 1.807) is 6.20 Å². The minimum Gasteiger partial charge on any atom is -0.245 e. The maximum Gasteiger partial charge on any atom is 0.158 e. The molecule has 1 aromatic heterocycles. The average molecular weight is 174 g/mol. The van der Waals surface area contributed by atoms with E-state index >= 15 is 0 Å². The zero-order valence-corrected chi connectivity index (χ0v) is 8.12. The molecule has 1 aromatic rings. The molecule has 2 heteroatoms. The molecule has 0 saturated carbocycles. The van der Waals surface area contributed by atoms with Crippen LogP contribution < -0.4 is 0 Å². The summed E-state index contributed by atoms with van der Waals surface area (Å²) in [5.74, 6) is 1.07. The van der Waals surface area contributed by atoms with Gasteiger partial charge in [-0.25, -0.2) is 9.98 Å². The van der Waals surface area contributed by atoms with Crippen molar-refractivity contribution in [2.75, 3.05) is 0 Å². The summed E-state index contributed by atoms with van der Waals surface area (Å²) in [5.41, 5.74) is 2.04. The Balaban J connectivity index is 3.13. The normalized spacial score (nSPS) is 10.1. The molecular formula is C11H14N2. The predicted octanol–water partition coefficient (Wildman–Crippen LogP) is 3.08. The summed E-state index contributed by atoms with van der Waals surface area (Å²) in [6.07, 6.45) is 1.71. The topological polar surface area (TPSA) is 25.2 Å². The molecule has 0 saturated heterocycles. The van der Waals surface area contributed by atoms with Crippen LogP contribution in [0, 0.1) is 5.92 Å². The molecule has 0 aliphatic heterocycles. The highest BCUT2D eigenvalue weighted by Crippen LogP contribution is 2.27. The van der Waals surface area contributed by atoms with Crippen LogP contribution >= 0.6 is 0 Å². The van der Waals surface area contributed by atoms with Crippen molar-refractivity contribution in [3.05, 3.63) is 30.5 Å². The molecule has 0 aromatic carbocycles. The molecule has 2 nitrogen and oxygen atoms in total. The van der Waals surface area contributed by atoms with Crippen LogP contribution in [0.25, 0.3) is 5.57 Å². The third-order valence-corrected chi connectivity index (χ3v) is 1.98. The van der Waals surface area contributed by atoms with Gasteiger partial charge in [0.25, 0.3) is 0 Å². The summed E-state index contributed by atoms with van der Waals surface area (Å²) < 4.78 is 0. The number of nitrogens with zero attached hydrogens (tertiary/aromatic N) is 2. The second-order valence-electron chi connectivity index (χ2n) is 3.21. The molecule has 0 bridgehead atoms. The number of rotatable bonds is 3. The lowest BCUT2D eigenvalue weighted by Crippen LogP contribution is -1.93. The van der Waals surface area contributed by atoms with E-state index in [-0.39, 0.29) is 0 Å². The van der Waals surface area contributed by atoms with Gasteiger partial charge in [-0.1, -0.05) is 20.4 Å². The van der Waals surface area contributed by atoms with E-state index in [0.29, 0.717) is 11.7 Å². The van der Waals surface area contributed by atoms with Crippen LogP contribution in [0.3, 0.4) is 0 Å². The first-order valence-electron chi connectivity index (χ1n) is 4.27. The van der Waals surface area contributed by atoms with Gasteiger partial charge in [0.2, 0.25) is 0 Å². The highest BCUT2D eigenvalue weighted by atomic mass is 14.9. The van der Waals surface area contributed by atoms with Gasteiger partial charge in [0.15, 0.2) is 5.82 Å². The van der Waals surface area contributed by atoms with Crippen LogP contribution in [0.5, 0.6) is 0 Å². The van der Waals surface area contributed by atoms with Crippen LogP contribution in [0.15, 0.2) is 29.9 Å². The quantitative estimate of drug-likeness (QED) is 0.646. The Morgan fingerprint density at radius 1 is 1.54 bits per heavy atom. The molecule has 0 unspecified atom stereocenters. The van der Waals surface area contributed by atoms with Crippen molar-refractivity contribution < 1.29 is 0 Å². The van der Waals surface area contributed by atoms with Crippen molar-refractivity contribution in [2.45, 2.75) is 13.8 Å². The van der Waals surface area contributed by atoms with Gasteiger partial charge in [0, 0.05) is 11.8 Å². The lowest BCUT2D eigenvalue weighted by molar-refractivity contribution is 0.857. The number of hydrogen-bond acceptors (Lipinski definition) is 2. The zero-order valence-electron chi connectivity index (χ0n) is 8.12. The van der Waals surface area contributed by atoms with Crippen LogP contribution in [-0.4, -0.2) is 11.7 Å². The van der Waals surface area contributed by atoms with E-state index in [4.69, 9.17) is 0 Å². The second kappa shape index (κ2) is 3.99. The molecule has 0 amide bonds. The van der Waals surface area contributed by atoms with Crippen LogP contribution in [0.4, 0.5) is 5.82 Å². The number of pyridine rings is 1. The lowest BCUT2D eigenvalue weighted by atomic mass is 9.98. The van der Waals surface area contributed by atoms with Gasteiger partial charge in [-0.2, -0.15) is 0 Å². The summed E-state index contributed by atoms with van der Waals surface area (Å²) in [5, 5.41) is 0. The molecule has 0 fully saturated rings. The lowest BCUT2D eigenvalue weighted by Gasteiger charge is -2.10.